The minimum atomic E-state index is 0.577. The van der Waals surface area contributed by atoms with Crippen LogP contribution in [0.5, 0.6) is 0 Å². The van der Waals surface area contributed by atoms with Gasteiger partial charge in [0.2, 0.25) is 0 Å². The monoisotopic (exact) mass is 280 g/mol. The van der Waals surface area contributed by atoms with Crippen molar-refractivity contribution in [2.45, 2.75) is 13.3 Å². The van der Waals surface area contributed by atoms with Crippen LogP contribution in [0.15, 0.2) is 48.8 Å². The molecule has 0 aliphatic rings. The van der Waals surface area contributed by atoms with E-state index >= 15 is 0 Å². The molecule has 0 unspecified atom stereocenters. The maximum atomic E-state index is 5.45. The largest absolute Gasteiger partial charge is 0.308 e. The molecule has 106 valence electrons. The third kappa shape index (κ3) is 2.75. The van der Waals surface area contributed by atoms with E-state index in [9.17, 15) is 0 Å². The van der Waals surface area contributed by atoms with Crippen LogP contribution in [0.1, 0.15) is 12.7 Å². The molecule has 3 rings (SSSR count). The first kappa shape index (κ1) is 13.3. The fourth-order valence-electron chi connectivity index (χ4n) is 2.06. The molecule has 0 aliphatic carbocycles. The molecule has 0 fully saturated rings. The number of nitrogens with two attached hydrogens (primary N) is 1. The Morgan fingerprint density at radius 3 is 2.67 bits per heavy atom. The number of aromatic nitrogens is 4. The maximum Gasteiger partial charge on any atom is 0.159 e. The van der Waals surface area contributed by atoms with Gasteiger partial charge >= 0.3 is 0 Å². The Labute approximate surface area is 122 Å². The van der Waals surface area contributed by atoms with Crippen molar-refractivity contribution in [3.8, 4) is 16.9 Å². The van der Waals surface area contributed by atoms with Crippen LogP contribution < -0.4 is 11.3 Å². The SMILES string of the molecule is CCc1nc(NN)cc(-n2cc(-c3ccccc3)cn2)n1. The molecule has 2 aromatic heterocycles. The van der Waals surface area contributed by atoms with Gasteiger partial charge in [0, 0.05) is 24.2 Å². The summed E-state index contributed by atoms with van der Waals surface area (Å²) in [6.45, 7) is 2.00. The van der Waals surface area contributed by atoms with Crippen LogP contribution in [0.2, 0.25) is 0 Å². The zero-order chi connectivity index (χ0) is 14.7. The molecule has 0 spiro atoms. The molecule has 0 atom stereocenters. The van der Waals surface area contributed by atoms with Gasteiger partial charge in [-0.3, -0.25) is 0 Å². The van der Waals surface area contributed by atoms with Crippen molar-refractivity contribution in [1.29, 1.82) is 0 Å². The van der Waals surface area contributed by atoms with Crippen molar-refractivity contribution in [3.05, 3.63) is 54.6 Å². The first-order valence-electron chi connectivity index (χ1n) is 6.75. The highest BCUT2D eigenvalue weighted by atomic mass is 15.3. The summed E-state index contributed by atoms with van der Waals surface area (Å²) in [4.78, 5) is 8.74. The average Bonchev–Trinajstić information content (AvgIpc) is 3.05. The summed E-state index contributed by atoms with van der Waals surface area (Å²) in [7, 11) is 0. The minimum absolute atomic E-state index is 0.577. The highest BCUT2D eigenvalue weighted by Gasteiger charge is 2.07. The minimum Gasteiger partial charge on any atom is -0.308 e. The lowest BCUT2D eigenvalue weighted by atomic mass is 10.1. The van der Waals surface area contributed by atoms with Crippen LogP contribution >= 0.6 is 0 Å². The first-order valence-corrected chi connectivity index (χ1v) is 6.75. The van der Waals surface area contributed by atoms with Crippen molar-refractivity contribution < 1.29 is 0 Å². The normalized spacial score (nSPS) is 10.6. The van der Waals surface area contributed by atoms with Crippen LogP contribution in [-0.4, -0.2) is 19.7 Å². The van der Waals surface area contributed by atoms with Gasteiger partial charge in [-0.25, -0.2) is 20.5 Å². The number of aryl methyl sites for hydroxylation is 1. The third-order valence-corrected chi connectivity index (χ3v) is 3.15. The molecule has 0 aliphatic heterocycles. The number of hydrogen-bond acceptors (Lipinski definition) is 5. The molecule has 6 heteroatoms. The fraction of sp³-hybridized carbons (Fsp3) is 0.133. The molecule has 6 nitrogen and oxygen atoms in total. The number of nitrogen functional groups attached to an aromatic ring is 1. The number of nitrogens with one attached hydrogen (secondary N) is 1. The highest BCUT2D eigenvalue weighted by Crippen LogP contribution is 2.19. The Bertz CT molecular complexity index is 713. The molecule has 0 saturated heterocycles. The van der Waals surface area contributed by atoms with E-state index in [1.807, 2.05) is 49.6 Å². The van der Waals surface area contributed by atoms with Crippen molar-refractivity contribution in [1.82, 2.24) is 19.7 Å². The quantitative estimate of drug-likeness (QED) is 0.565. The summed E-state index contributed by atoms with van der Waals surface area (Å²) in [5, 5.41) is 4.37. The Balaban J connectivity index is 2.00. The van der Waals surface area contributed by atoms with Gasteiger partial charge in [0.15, 0.2) is 5.82 Å². The van der Waals surface area contributed by atoms with Gasteiger partial charge in [-0.05, 0) is 5.56 Å². The third-order valence-electron chi connectivity index (χ3n) is 3.15. The Hall–Kier alpha value is -2.73. The van der Waals surface area contributed by atoms with Gasteiger partial charge in [-0.1, -0.05) is 37.3 Å². The van der Waals surface area contributed by atoms with E-state index in [4.69, 9.17) is 5.84 Å². The maximum absolute atomic E-state index is 5.45. The fourth-order valence-corrected chi connectivity index (χ4v) is 2.06. The van der Waals surface area contributed by atoms with Crippen LogP contribution in [-0.2, 0) is 6.42 Å². The summed E-state index contributed by atoms with van der Waals surface area (Å²) in [5.74, 6) is 7.44. The van der Waals surface area contributed by atoms with Gasteiger partial charge < -0.3 is 5.43 Å². The van der Waals surface area contributed by atoms with Crippen molar-refractivity contribution >= 4 is 5.82 Å². The molecule has 0 bridgehead atoms. The van der Waals surface area contributed by atoms with Crippen LogP contribution in [0, 0.1) is 0 Å². The molecule has 0 radical (unpaired) electrons. The van der Waals surface area contributed by atoms with Gasteiger partial charge in [-0.15, -0.1) is 0 Å². The van der Waals surface area contributed by atoms with Crippen molar-refractivity contribution in [2.75, 3.05) is 5.43 Å². The topological polar surface area (TPSA) is 81.6 Å². The van der Waals surface area contributed by atoms with Crippen LogP contribution in [0.3, 0.4) is 0 Å². The van der Waals surface area contributed by atoms with Crippen LogP contribution in [0.4, 0.5) is 5.82 Å². The first-order chi connectivity index (χ1) is 10.3. The smallest absolute Gasteiger partial charge is 0.159 e. The second kappa shape index (κ2) is 5.72. The molecular weight excluding hydrogens is 264 g/mol. The molecule has 1 aromatic carbocycles. The van der Waals surface area contributed by atoms with Gasteiger partial charge in [0.25, 0.3) is 0 Å². The summed E-state index contributed by atoms with van der Waals surface area (Å²) >= 11 is 0. The summed E-state index contributed by atoms with van der Waals surface area (Å²) in [6, 6.07) is 11.9. The van der Waals surface area contributed by atoms with Crippen molar-refractivity contribution in [3.63, 3.8) is 0 Å². The summed E-state index contributed by atoms with van der Waals surface area (Å²) in [6.07, 6.45) is 4.49. The van der Waals surface area contributed by atoms with E-state index in [1.54, 1.807) is 10.7 Å². The van der Waals surface area contributed by atoms with E-state index in [0.717, 1.165) is 23.4 Å². The number of nitrogens with zero attached hydrogens (tertiary/aromatic N) is 4. The number of hydrogen-bond donors (Lipinski definition) is 2. The lowest BCUT2D eigenvalue weighted by molar-refractivity contribution is 0.813. The zero-order valence-electron chi connectivity index (χ0n) is 11.7. The second-order valence-corrected chi connectivity index (χ2v) is 4.57. The lowest BCUT2D eigenvalue weighted by Gasteiger charge is -2.06. The van der Waals surface area contributed by atoms with E-state index in [1.165, 1.54) is 0 Å². The summed E-state index contributed by atoms with van der Waals surface area (Å²) < 4.78 is 1.73. The number of anilines is 1. The molecular formula is C15H16N6. The lowest BCUT2D eigenvalue weighted by Crippen LogP contribution is -2.12. The standard InChI is InChI=1S/C15H16N6/c1-2-13-18-14(20-16)8-15(19-13)21-10-12(9-17-21)11-6-4-3-5-7-11/h3-10H,2,16H2,1H3,(H,18,19,20). The van der Waals surface area contributed by atoms with E-state index in [0.29, 0.717) is 11.6 Å². The Morgan fingerprint density at radius 2 is 1.95 bits per heavy atom. The number of hydrazine groups is 1. The van der Waals surface area contributed by atoms with Gasteiger partial charge in [0.05, 0.1) is 6.20 Å². The molecule has 0 saturated carbocycles. The predicted molar refractivity (Wildman–Crippen MR) is 81.8 cm³/mol. The Morgan fingerprint density at radius 1 is 1.14 bits per heavy atom. The molecule has 3 aromatic rings. The van der Waals surface area contributed by atoms with Gasteiger partial charge in [0.1, 0.15) is 11.6 Å². The highest BCUT2D eigenvalue weighted by molar-refractivity contribution is 5.61. The van der Waals surface area contributed by atoms with Crippen LogP contribution in [0.25, 0.3) is 16.9 Å². The average molecular weight is 280 g/mol. The van der Waals surface area contributed by atoms with E-state index in [2.05, 4.69) is 20.5 Å². The zero-order valence-corrected chi connectivity index (χ0v) is 11.7. The van der Waals surface area contributed by atoms with Crippen molar-refractivity contribution in [2.24, 2.45) is 5.84 Å². The van der Waals surface area contributed by atoms with Gasteiger partial charge in [-0.2, -0.15) is 5.10 Å². The summed E-state index contributed by atoms with van der Waals surface area (Å²) in [5.41, 5.74) is 4.71. The number of benzene rings is 1. The number of rotatable bonds is 4. The molecule has 21 heavy (non-hydrogen) atoms. The van der Waals surface area contributed by atoms with E-state index < -0.39 is 0 Å². The van der Waals surface area contributed by atoms with E-state index in [-0.39, 0.29) is 0 Å². The Kier molecular flexibility index (Phi) is 3.61. The molecule has 0 amide bonds. The second-order valence-electron chi connectivity index (χ2n) is 4.57. The molecule has 3 N–H and O–H groups in total. The predicted octanol–water partition coefficient (Wildman–Crippen LogP) is 2.18. The molecule has 2 heterocycles.